The molecule has 0 aliphatic heterocycles. The van der Waals surface area contributed by atoms with Gasteiger partial charge in [-0.2, -0.15) is 0 Å². The van der Waals surface area contributed by atoms with Crippen molar-refractivity contribution < 1.29 is 23.5 Å². The molecule has 0 atom stereocenters. The second kappa shape index (κ2) is 7.32. The molecule has 14 heavy (non-hydrogen) atoms. The summed E-state index contributed by atoms with van der Waals surface area (Å²) in [5.41, 5.74) is 0. The molecule has 0 radical (unpaired) electrons. The largest absolute Gasteiger partial charge is 0.469 e. The number of nitrogens with zero attached hydrogens (tertiary/aromatic N) is 1. The monoisotopic (exact) mass is 206 g/mol. The van der Waals surface area contributed by atoms with E-state index in [0.29, 0.717) is 0 Å². The average molecular weight is 206 g/mol. The quantitative estimate of drug-likeness (QED) is 0.364. The van der Waals surface area contributed by atoms with Gasteiger partial charge in [-0.25, -0.2) is 0 Å². The summed E-state index contributed by atoms with van der Waals surface area (Å²) in [5, 5.41) is 0. The second-order valence-corrected chi connectivity index (χ2v) is 4.01. The summed E-state index contributed by atoms with van der Waals surface area (Å²) in [6.45, 7) is 0. The van der Waals surface area contributed by atoms with Crippen molar-refractivity contribution in [2.45, 2.75) is 6.42 Å². The average Bonchev–Trinajstić information content (AvgIpc) is 2.01. The molecule has 0 unspecified atom stereocenters. The molecule has 0 aliphatic carbocycles. The Morgan fingerprint density at radius 3 is 1.29 bits per heavy atom. The molecule has 0 rings (SSSR count). The molecule has 0 heterocycles. The smallest absolute Gasteiger partial charge is 0.316 e. The summed E-state index contributed by atoms with van der Waals surface area (Å²) in [6, 6.07) is 0. The molecule has 0 N–H and O–H groups in total. The van der Waals surface area contributed by atoms with Gasteiger partial charge in [0.15, 0.2) is 0 Å². The van der Waals surface area contributed by atoms with E-state index >= 15 is 0 Å². The van der Waals surface area contributed by atoms with Crippen molar-refractivity contribution in [1.82, 2.24) is 0 Å². The van der Waals surface area contributed by atoms with E-state index in [2.05, 4.69) is 37.7 Å². The topological polar surface area (TPSA) is 52.6 Å². The predicted molar refractivity (Wildman–Crippen MR) is 52.6 cm³/mol. The minimum Gasteiger partial charge on any atom is -0.469 e. The van der Waals surface area contributed by atoms with Crippen molar-refractivity contribution in [1.29, 1.82) is 0 Å². The first-order chi connectivity index (χ1) is 6.20. The molecule has 0 saturated carbocycles. The van der Waals surface area contributed by atoms with Crippen LogP contribution in [0.3, 0.4) is 0 Å². The highest BCUT2D eigenvalue weighted by atomic mass is 16.5. The van der Waals surface area contributed by atoms with Gasteiger partial charge in [0.1, 0.15) is 6.42 Å². The first kappa shape index (κ1) is 15.4. The molecule has 0 aromatic carbocycles. The lowest BCUT2D eigenvalue weighted by atomic mass is 10.4. The van der Waals surface area contributed by atoms with Crippen LogP contribution in [0.4, 0.5) is 0 Å². The van der Waals surface area contributed by atoms with Crippen LogP contribution in [-0.4, -0.2) is 58.8 Å². The van der Waals surface area contributed by atoms with E-state index in [-0.39, 0.29) is 6.42 Å². The standard InChI is InChI=1S/C5H8O4.C4H12N/c1-8-4(6)3-5(7)9-2;1-5(2,3)4/h3H2,1-2H3;1-4H3/q;+1. The van der Waals surface area contributed by atoms with Crippen molar-refractivity contribution in [3.05, 3.63) is 0 Å². The first-order valence-electron chi connectivity index (χ1n) is 4.13. The van der Waals surface area contributed by atoms with Crippen molar-refractivity contribution in [3.63, 3.8) is 0 Å². The molecule has 0 aromatic heterocycles. The number of quaternary nitrogens is 1. The Bertz CT molecular complexity index is 164. The van der Waals surface area contributed by atoms with Crippen LogP contribution in [0.25, 0.3) is 0 Å². The van der Waals surface area contributed by atoms with E-state index in [4.69, 9.17) is 0 Å². The fourth-order valence-corrected chi connectivity index (χ4v) is 0.262. The fraction of sp³-hybridized carbons (Fsp3) is 0.778. The number of rotatable bonds is 2. The van der Waals surface area contributed by atoms with E-state index in [0.717, 1.165) is 4.48 Å². The molecule has 0 bridgehead atoms. The Labute approximate surface area is 85.2 Å². The van der Waals surface area contributed by atoms with Gasteiger partial charge in [0.05, 0.1) is 42.4 Å². The number of carbonyl (C=O) groups is 2. The maximum Gasteiger partial charge on any atom is 0.316 e. The Hall–Kier alpha value is -1.10. The Balaban J connectivity index is 0. The molecule has 0 aromatic rings. The Morgan fingerprint density at radius 1 is 0.929 bits per heavy atom. The van der Waals surface area contributed by atoms with Crippen LogP contribution in [0.1, 0.15) is 6.42 Å². The van der Waals surface area contributed by atoms with Crippen LogP contribution in [0.5, 0.6) is 0 Å². The number of esters is 2. The summed E-state index contributed by atoms with van der Waals surface area (Å²) in [5.74, 6) is -1.16. The van der Waals surface area contributed by atoms with Crippen LogP contribution in [0.15, 0.2) is 0 Å². The van der Waals surface area contributed by atoms with Gasteiger partial charge in [-0.15, -0.1) is 0 Å². The van der Waals surface area contributed by atoms with Gasteiger partial charge in [0, 0.05) is 0 Å². The van der Waals surface area contributed by atoms with Gasteiger partial charge in [0.25, 0.3) is 0 Å². The Morgan fingerprint density at radius 2 is 1.14 bits per heavy atom. The van der Waals surface area contributed by atoms with E-state index < -0.39 is 11.9 Å². The molecule has 0 amide bonds. The van der Waals surface area contributed by atoms with E-state index in [1.54, 1.807) is 0 Å². The van der Waals surface area contributed by atoms with E-state index in [1.807, 2.05) is 0 Å². The SMILES string of the molecule is COC(=O)CC(=O)OC.C[N+](C)(C)C. The molecule has 0 spiro atoms. The lowest BCUT2D eigenvalue weighted by Crippen LogP contribution is -2.27. The number of methoxy groups -OCH3 is 2. The molecule has 0 aliphatic rings. The summed E-state index contributed by atoms with van der Waals surface area (Å²) in [6.07, 6.45) is -0.312. The van der Waals surface area contributed by atoms with Crippen LogP contribution in [-0.2, 0) is 19.1 Å². The van der Waals surface area contributed by atoms with Crippen LogP contribution < -0.4 is 0 Å². The molecule has 0 fully saturated rings. The lowest BCUT2D eigenvalue weighted by Gasteiger charge is -2.14. The number of ether oxygens (including phenoxy) is 2. The normalized spacial score (nSPS) is 9.57. The maximum absolute atomic E-state index is 10.3. The predicted octanol–water partition coefficient (Wildman–Crippen LogP) is 0.0449. The number of carbonyl (C=O) groups excluding carboxylic acids is 2. The van der Waals surface area contributed by atoms with Gasteiger partial charge >= 0.3 is 11.9 Å². The third-order valence-corrected chi connectivity index (χ3v) is 0.744. The van der Waals surface area contributed by atoms with E-state index in [9.17, 15) is 9.59 Å². The van der Waals surface area contributed by atoms with Crippen LogP contribution in [0, 0.1) is 0 Å². The van der Waals surface area contributed by atoms with Gasteiger partial charge in [-0.05, 0) is 0 Å². The number of hydrogen-bond acceptors (Lipinski definition) is 4. The first-order valence-corrected chi connectivity index (χ1v) is 4.13. The molecule has 84 valence electrons. The second-order valence-electron chi connectivity index (χ2n) is 4.01. The highest BCUT2D eigenvalue weighted by Gasteiger charge is 2.07. The van der Waals surface area contributed by atoms with Crippen molar-refractivity contribution in [2.75, 3.05) is 42.4 Å². The van der Waals surface area contributed by atoms with Gasteiger partial charge in [-0.1, -0.05) is 0 Å². The van der Waals surface area contributed by atoms with Gasteiger partial charge in [-0.3, -0.25) is 9.59 Å². The third-order valence-electron chi connectivity index (χ3n) is 0.744. The molecular weight excluding hydrogens is 186 g/mol. The van der Waals surface area contributed by atoms with Crippen LogP contribution >= 0.6 is 0 Å². The highest BCUT2D eigenvalue weighted by Crippen LogP contribution is 1.85. The molecular formula is C9H20NO4+. The van der Waals surface area contributed by atoms with E-state index in [1.165, 1.54) is 14.2 Å². The zero-order valence-electron chi connectivity index (χ0n) is 9.79. The molecule has 0 saturated heterocycles. The zero-order valence-corrected chi connectivity index (χ0v) is 9.79. The van der Waals surface area contributed by atoms with Crippen molar-refractivity contribution in [3.8, 4) is 0 Å². The Kier molecular flexibility index (Phi) is 8.04. The van der Waals surface area contributed by atoms with Crippen LogP contribution in [0.2, 0.25) is 0 Å². The lowest BCUT2D eigenvalue weighted by molar-refractivity contribution is -0.849. The fourth-order valence-electron chi connectivity index (χ4n) is 0.262. The summed E-state index contributed by atoms with van der Waals surface area (Å²) in [7, 11) is 10.9. The number of hydrogen-bond donors (Lipinski definition) is 0. The molecule has 5 heteroatoms. The highest BCUT2D eigenvalue weighted by molar-refractivity contribution is 5.90. The minimum atomic E-state index is -0.582. The summed E-state index contributed by atoms with van der Waals surface area (Å²) < 4.78 is 9.37. The zero-order chi connectivity index (χ0) is 11.8. The van der Waals surface area contributed by atoms with Gasteiger partial charge in [0.2, 0.25) is 0 Å². The van der Waals surface area contributed by atoms with Crippen molar-refractivity contribution in [2.24, 2.45) is 0 Å². The minimum absolute atomic E-state index is 0.312. The third kappa shape index (κ3) is 22.4. The van der Waals surface area contributed by atoms with Gasteiger partial charge < -0.3 is 14.0 Å². The molecule has 5 nitrogen and oxygen atoms in total. The maximum atomic E-state index is 10.3. The van der Waals surface area contributed by atoms with Crippen molar-refractivity contribution >= 4 is 11.9 Å². The summed E-state index contributed by atoms with van der Waals surface area (Å²) >= 11 is 0. The summed E-state index contributed by atoms with van der Waals surface area (Å²) in [4.78, 5) is 20.5.